The first kappa shape index (κ1) is 24.0. The van der Waals surface area contributed by atoms with E-state index >= 15 is 0 Å². The Bertz CT molecular complexity index is 1050. The van der Waals surface area contributed by atoms with E-state index in [2.05, 4.69) is 58.7 Å². The van der Waals surface area contributed by atoms with E-state index in [-0.39, 0.29) is 12.1 Å². The van der Waals surface area contributed by atoms with E-state index in [4.69, 9.17) is 4.74 Å². The molecule has 1 atom stereocenters. The van der Waals surface area contributed by atoms with Crippen LogP contribution in [0.25, 0.3) is 0 Å². The van der Waals surface area contributed by atoms with Crippen LogP contribution in [-0.2, 0) is 10.3 Å². The maximum absolute atomic E-state index is 12.1. The molecule has 3 aromatic carbocycles. The zero-order chi connectivity index (χ0) is 24.3. The molecule has 1 aliphatic heterocycles. The normalized spacial score (nSPS) is 16.5. The molecule has 1 heterocycles. The van der Waals surface area contributed by atoms with Gasteiger partial charge in [0.1, 0.15) is 11.2 Å². The van der Waals surface area contributed by atoms with Gasteiger partial charge in [0.25, 0.3) is 0 Å². The lowest BCUT2D eigenvalue weighted by Crippen LogP contribution is -2.60. The zero-order valence-electron chi connectivity index (χ0n) is 20.4. The molecule has 1 saturated heterocycles. The number of amides is 1. The molecule has 2 N–H and O–H groups in total. The summed E-state index contributed by atoms with van der Waals surface area (Å²) in [5.74, 6) is 0. The summed E-state index contributed by atoms with van der Waals surface area (Å²) < 4.78 is 5.35. The molecule has 5 heteroatoms. The van der Waals surface area contributed by atoms with Crippen LogP contribution in [0.1, 0.15) is 62.0 Å². The Hall–Kier alpha value is -3.15. The van der Waals surface area contributed by atoms with E-state index in [1.165, 1.54) is 11.1 Å². The summed E-state index contributed by atoms with van der Waals surface area (Å²) in [6.45, 7) is 8.54. The van der Waals surface area contributed by atoms with Gasteiger partial charge in [-0.3, -0.25) is 4.90 Å². The maximum Gasteiger partial charge on any atom is 0.408 e. The van der Waals surface area contributed by atoms with Crippen LogP contribution in [-0.4, -0.2) is 34.8 Å². The van der Waals surface area contributed by atoms with Gasteiger partial charge >= 0.3 is 6.09 Å². The highest BCUT2D eigenvalue weighted by Crippen LogP contribution is 2.40. The van der Waals surface area contributed by atoms with Crippen LogP contribution >= 0.6 is 0 Å². The molecule has 0 radical (unpaired) electrons. The first-order valence-electron chi connectivity index (χ1n) is 11.8. The van der Waals surface area contributed by atoms with Gasteiger partial charge in [0.05, 0.1) is 12.1 Å². The zero-order valence-corrected chi connectivity index (χ0v) is 20.4. The van der Waals surface area contributed by atoms with Crippen LogP contribution in [0.3, 0.4) is 0 Å². The predicted molar refractivity (Wildman–Crippen MR) is 134 cm³/mol. The fourth-order valence-electron chi connectivity index (χ4n) is 4.53. The molecule has 0 unspecified atom stereocenters. The van der Waals surface area contributed by atoms with Gasteiger partial charge < -0.3 is 15.2 Å². The molecular weight excluding hydrogens is 424 g/mol. The molecule has 34 heavy (non-hydrogen) atoms. The van der Waals surface area contributed by atoms with Crippen molar-refractivity contribution in [3.63, 3.8) is 0 Å². The first-order valence-corrected chi connectivity index (χ1v) is 11.8. The Kier molecular flexibility index (Phi) is 6.78. The summed E-state index contributed by atoms with van der Waals surface area (Å²) >= 11 is 0. The molecule has 0 saturated carbocycles. The van der Waals surface area contributed by atoms with Crippen molar-refractivity contribution in [2.45, 2.75) is 51.0 Å². The van der Waals surface area contributed by atoms with Crippen molar-refractivity contribution < 1.29 is 14.6 Å². The van der Waals surface area contributed by atoms with Crippen LogP contribution in [0.2, 0.25) is 0 Å². The van der Waals surface area contributed by atoms with E-state index in [9.17, 15) is 9.90 Å². The summed E-state index contributed by atoms with van der Waals surface area (Å²) in [5, 5.41) is 14.2. The third-order valence-electron chi connectivity index (χ3n) is 6.21. The average molecular weight is 459 g/mol. The van der Waals surface area contributed by atoms with Gasteiger partial charge in [0, 0.05) is 13.1 Å². The van der Waals surface area contributed by atoms with Crippen molar-refractivity contribution in [1.82, 2.24) is 10.2 Å². The highest BCUT2D eigenvalue weighted by atomic mass is 16.6. The molecule has 1 amide bonds. The fourth-order valence-corrected chi connectivity index (χ4v) is 4.53. The van der Waals surface area contributed by atoms with Gasteiger partial charge in [-0.1, -0.05) is 84.9 Å². The van der Waals surface area contributed by atoms with E-state index < -0.39 is 17.3 Å². The van der Waals surface area contributed by atoms with Crippen molar-refractivity contribution in [3.05, 3.63) is 107 Å². The summed E-state index contributed by atoms with van der Waals surface area (Å²) in [4.78, 5) is 14.4. The topological polar surface area (TPSA) is 61.8 Å². The smallest absolute Gasteiger partial charge is 0.408 e. The molecule has 0 aliphatic carbocycles. The Morgan fingerprint density at radius 1 is 0.882 bits per heavy atom. The van der Waals surface area contributed by atoms with Crippen molar-refractivity contribution in [2.24, 2.45) is 0 Å². The number of nitrogens with zero attached hydrogens (tertiary/aromatic N) is 1. The number of carbonyl (C=O) groups excluding carboxylic acids is 1. The van der Waals surface area contributed by atoms with Crippen LogP contribution in [0.15, 0.2) is 84.9 Å². The number of ether oxygens (including phenoxy) is 1. The summed E-state index contributed by atoms with van der Waals surface area (Å²) in [5.41, 5.74) is 2.84. The molecule has 1 aliphatic rings. The maximum atomic E-state index is 12.1. The monoisotopic (exact) mass is 458 g/mol. The number of hydrogen-bond donors (Lipinski definition) is 2. The third kappa shape index (κ3) is 5.49. The number of carbonyl (C=O) groups is 1. The molecule has 5 nitrogen and oxygen atoms in total. The van der Waals surface area contributed by atoms with Crippen molar-refractivity contribution in [1.29, 1.82) is 0 Å². The number of benzene rings is 3. The Morgan fingerprint density at radius 3 is 1.85 bits per heavy atom. The quantitative estimate of drug-likeness (QED) is 0.507. The molecule has 3 aromatic rings. The van der Waals surface area contributed by atoms with Gasteiger partial charge in [-0.05, 0) is 49.9 Å². The molecule has 4 rings (SSSR count). The predicted octanol–water partition coefficient (Wildman–Crippen LogP) is 5.57. The number of aliphatic hydroxyl groups is 1. The van der Waals surface area contributed by atoms with Gasteiger partial charge in [0.15, 0.2) is 0 Å². The lowest BCUT2D eigenvalue weighted by molar-refractivity contribution is -0.116. The minimum atomic E-state index is -0.901. The van der Waals surface area contributed by atoms with Gasteiger partial charge in [-0.2, -0.15) is 0 Å². The third-order valence-corrected chi connectivity index (χ3v) is 6.21. The number of β-amino-alcohol motifs (C(OH)–C–C–N with tert-alkyl or cyclic N) is 1. The van der Waals surface area contributed by atoms with Gasteiger partial charge in [-0.15, -0.1) is 0 Å². The molecular formula is C29H34N2O3. The summed E-state index contributed by atoms with van der Waals surface area (Å²) in [6.07, 6.45) is -0.440. The highest BCUT2D eigenvalue weighted by molar-refractivity contribution is 5.68. The Balaban J connectivity index is 1.44. The minimum absolute atomic E-state index is 0.0972. The second-order valence-electron chi connectivity index (χ2n) is 10.2. The van der Waals surface area contributed by atoms with E-state index in [0.29, 0.717) is 13.1 Å². The largest absolute Gasteiger partial charge is 0.444 e. The van der Waals surface area contributed by atoms with Crippen molar-refractivity contribution in [2.75, 3.05) is 13.1 Å². The van der Waals surface area contributed by atoms with Gasteiger partial charge in [-0.25, -0.2) is 4.79 Å². The Morgan fingerprint density at radius 2 is 1.38 bits per heavy atom. The molecule has 0 bridgehead atoms. The van der Waals surface area contributed by atoms with Crippen LogP contribution in [0.5, 0.6) is 0 Å². The number of nitrogens with one attached hydrogen (secondary N) is 1. The number of likely N-dealkylation sites (tertiary alicyclic amines) is 1. The highest BCUT2D eigenvalue weighted by Gasteiger charge is 2.46. The second-order valence-corrected chi connectivity index (χ2v) is 10.2. The van der Waals surface area contributed by atoms with E-state index in [1.54, 1.807) is 0 Å². The molecule has 0 aromatic heterocycles. The van der Waals surface area contributed by atoms with E-state index in [1.807, 2.05) is 64.1 Å². The van der Waals surface area contributed by atoms with Gasteiger partial charge in [0.2, 0.25) is 0 Å². The molecule has 1 fully saturated rings. The standard InChI is InChI=1S/C29H34N2O3/c1-21(30-27(32)34-28(2,3)4)22-15-17-25(18-16-22)29(33)19-31(20-29)26(23-11-7-5-8-12-23)24-13-9-6-10-14-24/h5-18,21,26,33H,19-20H2,1-4H3,(H,30,32)/t21-/m0/s1. The van der Waals surface area contributed by atoms with E-state index in [0.717, 1.165) is 11.1 Å². The molecule has 0 spiro atoms. The van der Waals surface area contributed by atoms with Crippen LogP contribution in [0, 0.1) is 0 Å². The number of alkyl carbamates (subject to hydrolysis) is 1. The number of hydrogen-bond acceptors (Lipinski definition) is 4. The minimum Gasteiger partial charge on any atom is -0.444 e. The SMILES string of the molecule is C[C@H](NC(=O)OC(C)(C)C)c1ccc(C2(O)CN(C(c3ccccc3)c3ccccc3)C2)cc1. The van der Waals surface area contributed by atoms with Crippen LogP contribution in [0.4, 0.5) is 4.79 Å². The summed E-state index contributed by atoms with van der Waals surface area (Å²) in [7, 11) is 0. The van der Waals surface area contributed by atoms with Crippen molar-refractivity contribution >= 4 is 6.09 Å². The van der Waals surface area contributed by atoms with Crippen molar-refractivity contribution in [3.8, 4) is 0 Å². The lowest BCUT2D eigenvalue weighted by Gasteiger charge is -2.50. The average Bonchev–Trinajstić information content (AvgIpc) is 2.78. The first-order chi connectivity index (χ1) is 16.1. The number of rotatable bonds is 6. The fraction of sp³-hybridized carbons (Fsp3) is 0.345. The Labute approximate surface area is 202 Å². The van der Waals surface area contributed by atoms with Crippen LogP contribution < -0.4 is 5.32 Å². The summed E-state index contributed by atoms with van der Waals surface area (Å²) in [6, 6.07) is 28.6. The lowest BCUT2D eigenvalue weighted by atomic mass is 9.82. The molecule has 178 valence electrons. The second kappa shape index (κ2) is 9.61.